The number of rotatable bonds is 2. The van der Waals surface area contributed by atoms with Crippen LogP contribution in [-0.4, -0.2) is 9.91 Å². The molecule has 1 heterocycles. The number of nitrogens with zero attached hydrogens (tertiary/aromatic N) is 2. The third-order valence-corrected chi connectivity index (χ3v) is 2.27. The van der Waals surface area contributed by atoms with Crippen LogP contribution in [0.2, 0.25) is 0 Å². The monoisotopic (exact) mass is 320 g/mol. The topological polar surface area (TPSA) is 56.0 Å². The highest BCUT2D eigenvalue weighted by Gasteiger charge is 2.39. The standard InChI is InChI=1S/C7H2BrF5N2O2/c8-5-3(15(16)17)1-2(6(9)10)4(14-5)7(11,12)13/h1,6H. The van der Waals surface area contributed by atoms with Crippen LogP contribution in [0.4, 0.5) is 27.6 Å². The summed E-state index contributed by atoms with van der Waals surface area (Å²) in [5.74, 6) is 0. The van der Waals surface area contributed by atoms with Crippen molar-refractivity contribution in [2.75, 3.05) is 0 Å². The molecule has 0 atom stereocenters. The first-order valence-corrected chi connectivity index (χ1v) is 4.64. The van der Waals surface area contributed by atoms with Crippen LogP contribution < -0.4 is 0 Å². The van der Waals surface area contributed by atoms with Gasteiger partial charge in [0.05, 0.1) is 10.5 Å². The molecule has 0 bridgehead atoms. The van der Waals surface area contributed by atoms with Gasteiger partial charge in [-0.2, -0.15) is 13.2 Å². The van der Waals surface area contributed by atoms with Crippen molar-refractivity contribution in [1.82, 2.24) is 4.98 Å². The molecule has 0 saturated carbocycles. The van der Waals surface area contributed by atoms with E-state index < -0.39 is 39.1 Å². The Hall–Kier alpha value is -1.32. The van der Waals surface area contributed by atoms with Crippen LogP contribution in [-0.2, 0) is 6.18 Å². The molecule has 0 fully saturated rings. The minimum Gasteiger partial charge on any atom is -0.258 e. The molecule has 0 aliphatic heterocycles. The van der Waals surface area contributed by atoms with Crippen molar-refractivity contribution in [3.63, 3.8) is 0 Å². The van der Waals surface area contributed by atoms with Crippen molar-refractivity contribution < 1.29 is 26.9 Å². The minimum atomic E-state index is -5.11. The summed E-state index contributed by atoms with van der Waals surface area (Å²) in [7, 11) is 0. The predicted molar refractivity (Wildman–Crippen MR) is 48.6 cm³/mol. The van der Waals surface area contributed by atoms with Gasteiger partial charge in [-0.05, 0) is 15.9 Å². The lowest BCUT2D eigenvalue weighted by Crippen LogP contribution is -2.13. The average molecular weight is 321 g/mol. The predicted octanol–water partition coefficient (Wildman–Crippen LogP) is 3.71. The number of nitro groups is 1. The van der Waals surface area contributed by atoms with E-state index in [-0.39, 0.29) is 6.07 Å². The Bertz CT molecular complexity index is 462. The van der Waals surface area contributed by atoms with E-state index >= 15 is 0 Å². The van der Waals surface area contributed by atoms with Crippen LogP contribution in [0.5, 0.6) is 0 Å². The molecule has 0 unspecified atom stereocenters. The van der Waals surface area contributed by atoms with E-state index in [0.29, 0.717) is 0 Å². The lowest BCUT2D eigenvalue weighted by Gasteiger charge is -2.11. The first kappa shape index (κ1) is 13.7. The summed E-state index contributed by atoms with van der Waals surface area (Å²) < 4.78 is 61.0. The lowest BCUT2D eigenvalue weighted by molar-refractivity contribution is -0.386. The fourth-order valence-corrected chi connectivity index (χ4v) is 1.45. The van der Waals surface area contributed by atoms with E-state index in [9.17, 15) is 32.1 Å². The van der Waals surface area contributed by atoms with Gasteiger partial charge in [-0.25, -0.2) is 13.8 Å². The Morgan fingerprint density at radius 2 is 1.94 bits per heavy atom. The molecule has 0 aromatic carbocycles. The molecule has 0 spiro atoms. The summed E-state index contributed by atoms with van der Waals surface area (Å²) in [6.07, 6.45) is -8.62. The Labute approximate surface area is 98.7 Å². The fraction of sp³-hybridized carbons (Fsp3) is 0.286. The molecule has 94 valence electrons. The molecule has 10 heteroatoms. The van der Waals surface area contributed by atoms with Crippen molar-refractivity contribution in [2.45, 2.75) is 12.6 Å². The molecule has 0 aliphatic carbocycles. The Balaban J connectivity index is 3.53. The number of halogens is 6. The highest BCUT2D eigenvalue weighted by molar-refractivity contribution is 9.10. The second kappa shape index (κ2) is 4.51. The maximum Gasteiger partial charge on any atom is 0.433 e. The number of aromatic nitrogens is 1. The molecule has 1 rings (SSSR count). The lowest BCUT2D eigenvalue weighted by atomic mass is 10.2. The smallest absolute Gasteiger partial charge is 0.258 e. The number of hydrogen-bond donors (Lipinski definition) is 0. The van der Waals surface area contributed by atoms with E-state index in [4.69, 9.17) is 0 Å². The van der Waals surface area contributed by atoms with Gasteiger partial charge in [0.1, 0.15) is 0 Å². The van der Waals surface area contributed by atoms with Gasteiger partial charge in [0.25, 0.3) is 6.43 Å². The third-order valence-electron chi connectivity index (χ3n) is 1.69. The average Bonchev–Trinajstić information content (AvgIpc) is 2.14. The molecule has 0 N–H and O–H groups in total. The molecule has 4 nitrogen and oxygen atoms in total. The van der Waals surface area contributed by atoms with Gasteiger partial charge < -0.3 is 0 Å². The normalized spacial score (nSPS) is 11.9. The first-order valence-electron chi connectivity index (χ1n) is 3.84. The van der Waals surface area contributed by atoms with Crippen LogP contribution in [0.1, 0.15) is 17.7 Å². The fourth-order valence-electron chi connectivity index (χ4n) is 1.02. The minimum absolute atomic E-state index is 0.157. The largest absolute Gasteiger partial charge is 0.433 e. The Morgan fingerprint density at radius 3 is 2.29 bits per heavy atom. The quantitative estimate of drug-likeness (QED) is 0.361. The van der Waals surface area contributed by atoms with Crippen LogP contribution >= 0.6 is 15.9 Å². The summed E-state index contributed by atoms with van der Waals surface area (Å²) in [6.45, 7) is 0. The molecule has 0 aliphatic rings. The zero-order valence-corrected chi connectivity index (χ0v) is 9.22. The summed E-state index contributed by atoms with van der Waals surface area (Å²) in [5, 5.41) is 10.4. The van der Waals surface area contributed by atoms with Crippen molar-refractivity contribution in [3.8, 4) is 0 Å². The van der Waals surface area contributed by atoms with Gasteiger partial charge in [0, 0.05) is 6.07 Å². The van der Waals surface area contributed by atoms with Gasteiger partial charge in [0.2, 0.25) is 0 Å². The first-order chi connectivity index (χ1) is 7.64. The van der Waals surface area contributed by atoms with Gasteiger partial charge in [-0.3, -0.25) is 10.1 Å². The molecule has 0 saturated heterocycles. The van der Waals surface area contributed by atoms with E-state index in [2.05, 4.69) is 20.9 Å². The number of alkyl halides is 5. The molecule has 1 aromatic heterocycles. The van der Waals surface area contributed by atoms with Gasteiger partial charge >= 0.3 is 11.9 Å². The van der Waals surface area contributed by atoms with E-state index in [1.54, 1.807) is 0 Å². The van der Waals surface area contributed by atoms with E-state index in [1.807, 2.05) is 0 Å². The van der Waals surface area contributed by atoms with Crippen molar-refractivity contribution in [3.05, 3.63) is 32.0 Å². The van der Waals surface area contributed by atoms with Crippen LogP contribution in [0.25, 0.3) is 0 Å². The SMILES string of the molecule is O=[N+]([O-])c1cc(C(F)F)c(C(F)(F)F)nc1Br. The molecule has 17 heavy (non-hydrogen) atoms. The van der Waals surface area contributed by atoms with Crippen molar-refractivity contribution >= 4 is 21.6 Å². The molecular weight excluding hydrogens is 319 g/mol. The zero-order chi connectivity index (χ0) is 13.4. The number of pyridine rings is 1. The zero-order valence-electron chi connectivity index (χ0n) is 7.63. The molecular formula is C7H2BrF5N2O2. The molecule has 0 radical (unpaired) electrons. The molecule has 1 aromatic rings. The van der Waals surface area contributed by atoms with Crippen LogP contribution in [0.3, 0.4) is 0 Å². The Morgan fingerprint density at radius 1 is 1.41 bits per heavy atom. The summed E-state index contributed by atoms with van der Waals surface area (Å²) in [6, 6.07) is 0.157. The summed E-state index contributed by atoms with van der Waals surface area (Å²) >= 11 is 2.43. The number of hydrogen-bond acceptors (Lipinski definition) is 3. The van der Waals surface area contributed by atoms with Gasteiger partial charge in [-0.1, -0.05) is 0 Å². The molecule has 0 amide bonds. The maximum atomic E-state index is 12.4. The van der Waals surface area contributed by atoms with Crippen LogP contribution in [0.15, 0.2) is 10.7 Å². The Kier molecular flexibility index (Phi) is 3.65. The maximum absolute atomic E-state index is 12.4. The van der Waals surface area contributed by atoms with Gasteiger partial charge in [-0.15, -0.1) is 0 Å². The second-order valence-corrected chi connectivity index (χ2v) is 3.54. The highest BCUT2D eigenvalue weighted by Crippen LogP contribution is 2.38. The van der Waals surface area contributed by atoms with Gasteiger partial charge in [0.15, 0.2) is 10.3 Å². The third kappa shape index (κ3) is 2.87. The van der Waals surface area contributed by atoms with Crippen molar-refractivity contribution in [1.29, 1.82) is 0 Å². The second-order valence-electron chi connectivity index (χ2n) is 2.79. The summed E-state index contributed by atoms with van der Waals surface area (Å²) in [5.41, 5.74) is -4.31. The van der Waals surface area contributed by atoms with E-state index in [1.165, 1.54) is 0 Å². The summed E-state index contributed by atoms with van der Waals surface area (Å²) in [4.78, 5) is 12.0. The highest BCUT2D eigenvalue weighted by atomic mass is 79.9. The van der Waals surface area contributed by atoms with Crippen LogP contribution in [0, 0.1) is 10.1 Å². The van der Waals surface area contributed by atoms with Crippen molar-refractivity contribution in [2.24, 2.45) is 0 Å². The van der Waals surface area contributed by atoms with E-state index in [0.717, 1.165) is 0 Å².